The first-order chi connectivity index (χ1) is 9.20. The molecule has 0 heterocycles. The Morgan fingerprint density at radius 2 is 1.84 bits per heavy atom. The van der Waals surface area contributed by atoms with Crippen molar-refractivity contribution in [2.75, 3.05) is 5.32 Å². The number of nitrogens with one attached hydrogen (secondary N) is 1. The van der Waals surface area contributed by atoms with Crippen LogP contribution < -0.4 is 5.32 Å². The van der Waals surface area contributed by atoms with Gasteiger partial charge in [0.25, 0.3) is 0 Å². The number of halogens is 1. The molecule has 0 saturated carbocycles. The SMILES string of the molecule is Cc1ccc(CCc2ccccc2Br)c(NC=O)c1. The fourth-order valence-corrected chi connectivity index (χ4v) is 2.56. The average Bonchev–Trinajstić information content (AvgIpc) is 2.40. The number of hydrogen-bond donors (Lipinski definition) is 1. The number of benzene rings is 2. The summed E-state index contributed by atoms with van der Waals surface area (Å²) in [5.41, 5.74) is 4.49. The normalized spacial score (nSPS) is 10.2. The summed E-state index contributed by atoms with van der Waals surface area (Å²) in [7, 11) is 0. The highest BCUT2D eigenvalue weighted by molar-refractivity contribution is 9.10. The molecule has 0 aliphatic rings. The Kier molecular flexibility index (Phi) is 4.74. The molecule has 0 aromatic heterocycles. The van der Waals surface area contributed by atoms with Crippen LogP contribution in [-0.2, 0) is 17.6 Å². The highest BCUT2D eigenvalue weighted by Gasteiger charge is 2.04. The molecule has 0 spiro atoms. The Hall–Kier alpha value is -1.61. The standard InChI is InChI=1S/C16H16BrNO/c1-12-6-7-14(16(10-12)18-11-19)9-8-13-4-2-3-5-15(13)17/h2-7,10-11H,8-9H2,1H3,(H,18,19). The minimum absolute atomic E-state index is 0.733. The van der Waals surface area contributed by atoms with Gasteiger partial charge in [-0.3, -0.25) is 4.79 Å². The molecule has 0 aliphatic carbocycles. The molecule has 3 heteroatoms. The smallest absolute Gasteiger partial charge is 0.211 e. The van der Waals surface area contributed by atoms with Crippen LogP contribution in [0.2, 0.25) is 0 Å². The van der Waals surface area contributed by atoms with E-state index in [2.05, 4.69) is 45.5 Å². The van der Waals surface area contributed by atoms with Crippen molar-refractivity contribution in [2.24, 2.45) is 0 Å². The monoisotopic (exact) mass is 317 g/mol. The molecule has 1 N–H and O–H groups in total. The van der Waals surface area contributed by atoms with Crippen LogP contribution in [0, 0.1) is 6.92 Å². The molecule has 0 aliphatic heterocycles. The summed E-state index contributed by atoms with van der Waals surface area (Å²) in [4.78, 5) is 10.6. The van der Waals surface area contributed by atoms with Crippen molar-refractivity contribution in [2.45, 2.75) is 19.8 Å². The van der Waals surface area contributed by atoms with Gasteiger partial charge in [-0.15, -0.1) is 0 Å². The van der Waals surface area contributed by atoms with E-state index < -0.39 is 0 Å². The van der Waals surface area contributed by atoms with E-state index in [0.717, 1.165) is 40.5 Å². The van der Waals surface area contributed by atoms with Gasteiger partial charge >= 0.3 is 0 Å². The maximum absolute atomic E-state index is 10.6. The van der Waals surface area contributed by atoms with Crippen LogP contribution in [0.5, 0.6) is 0 Å². The molecule has 0 fully saturated rings. The number of rotatable bonds is 5. The minimum atomic E-state index is 0.733. The van der Waals surface area contributed by atoms with Crippen LogP contribution in [0.4, 0.5) is 5.69 Å². The lowest BCUT2D eigenvalue weighted by atomic mass is 10.0. The third kappa shape index (κ3) is 3.67. The first-order valence-corrected chi connectivity index (χ1v) is 7.03. The molecule has 2 nitrogen and oxygen atoms in total. The molecular weight excluding hydrogens is 302 g/mol. The molecule has 19 heavy (non-hydrogen) atoms. The lowest BCUT2D eigenvalue weighted by Crippen LogP contribution is -2.01. The predicted octanol–water partition coefficient (Wildman–Crippen LogP) is 4.11. The maximum Gasteiger partial charge on any atom is 0.211 e. The maximum atomic E-state index is 10.6. The van der Waals surface area contributed by atoms with Gasteiger partial charge in [0.05, 0.1) is 0 Å². The summed E-state index contributed by atoms with van der Waals surface area (Å²) in [6.07, 6.45) is 2.58. The van der Waals surface area contributed by atoms with Gasteiger partial charge in [-0.05, 0) is 48.6 Å². The molecule has 0 unspecified atom stereocenters. The number of amides is 1. The van der Waals surface area contributed by atoms with E-state index >= 15 is 0 Å². The highest BCUT2D eigenvalue weighted by Crippen LogP contribution is 2.22. The van der Waals surface area contributed by atoms with E-state index in [0.29, 0.717) is 0 Å². The molecule has 2 rings (SSSR count). The molecular formula is C16H16BrNO. The zero-order valence-corrected chi connectivity index (χ0v) is 12.4. The van der Waals surface area contributed by atoms with Gasteiger partial charge < -0.3 is 5.32 Å². The predicted molar refractivity (Wildman–Crippen MR) is 82.4 cm³/mol. The Labute approximate surface area is 122 Å². The van der Waals surface area contributed by atoms with Gasteiger partial charge in [-0.1, -0.05) is 46.3 Å². The van der Waals surface area contributed by atoms with Crippen molar-refractivity contribution in [1.29, 1.82) is 0 Å². The van der Waals surface area contributed by atoms with E-state index in [4.69, 9.17) is 0 Å². The molecule has 1 amide bonds. The molecule has 2 aromatic carbocycles. The summed E-state index contributed by atoms with van der Waals surface area (Å²) < 4.78 is 1.13. The number of aryl methyl sites for hydroxylation is 3. The lowest BCUT2D eigenvalue weighted by Gasteiger charge is -2.10. The summed E-state index contributed by atoms with van der Waals surface area (Å²) in [6, 6.07) is 14.4. The first-order valence-electron chi connectivity index (χ1n) is 6.24. The van der Waals surface area contributed by atoms with Crippen molar-refractivity contribution in [3.63, 3.8) is 0 Å². The van der Waals surface area contributed by atoms with E-state index in [1.165, 1.54) is 5.56 Å². The Balaban J connectivity index is 2.15. The van der Waals surface area contributed by atoms with Crippen LogP contribution in [0.15, 0.2) is 46.9 Å². The summed E-state index contributed by atoms with van der Waals surface area (Å²) in [6.45, 7) is 2.02. The van der Waals surface area contributed by atoms with Crippen molar-refractivity contribution >= 4 is 28.0 Å². The first kappa shape index (κ1) is 13.8. The minimum Gasteiger partial charge on any atom is -0.328 e. The molecule has 0 atom stereocenters. The highest BCUT2D eigenvalue weighted by atomic mass is 79.9. The Morgan fingerprint density at radius 3 is 2.58 bits per heavy atom. The van der Waals surface area contributed by atoms with Crippen LogP contribution in [0.3, 0.4) is 0 Å². The van der Waals surface area contributed by atoms with Crippen molar-refractivity contribution in [3.05, 3.63) is 63.6 Å². The van der Waals surface area contributed by atoms with Crippen molar-refractivity contribution in [3.8, 4) is 0 Å². The second-order valence-electron chi connectivity index (χ2n) is 4.51. The van der Waals surface area contributed by atoms with Gasteiger partial charge in [-0.2, -0.15) is 0 Å². The fraction of sp³-hybridized carbons (Fsp3) is 0.188. The van der Waals surface area contributed by atoms with E-state index in [9.17, 15) is 4.79 Å². The summed E-state index contributed by atoms with van der Waals surface area (Å²) >= 11 is 3.56. The fourth-order valence-electron chi connectivity index (χ4n) is 2.08. The van der Waals surface area contributed by atoms with Crippen molar-refractivity contribution < 1.29 is 4.79 Å². The third-order valence-corrected chi connectivity index (χ3v) is 3.87. The zero-order chi connectivity index (χ0) is 13.7. The quantitative estimate of drug-likeness (QED) is 0.826. The number of hydrogen-bond acceptors (Lipinski definition) is 1. The van der Waals surface area contributed by atoms with E-state index in [1.54, 1.807) is 0 Å². The molecule has 0 saturated heterocycles. The van der Waals surface area contributed by atoms with Crippen molar-refractivity contribution in [1.82, 2.24) is 0 Å². The lowest BCUT2D eigenvalue weighted by molar-refractivity contribution is -0.105. The van der Waals surface area contributed by atoms with Gasteiger partial charge in [0, 0.05) is 10.2 Å². The largest absolute Gasteiger partial charge is 0.328 e. The van der Waals surface area contributed by atoms with Crippen LogP contribution >= 0.6 is 15.9 Å². The van der Waals surface area contributed by atoms with Gasteiger partial charge in [-0.25, -0.2) is 0 Å². The number of carbonyl (C=O) groups excluding carboxylic acids is 1. The van der Waals surface area contributed by atoms with Gasteiger partial charge in [0.15, 0.2) is 0 Å². The average molecular weight is 318 g/mol. The van der Waals surface area contributed by atoms with Crippen LogP contribution in [0.1, 0.15) is 16.7 Å². The van der Waals surface area contributed by atoms with Crippen LogP contribution in [0.25, 0.3) is 0 Å². The number of carbonyl (C=O) groups is 1. The topological polar surface area (TPSA) is 29.1 Å². The molecule has 2 aromatic rings. The Morgan fingerprint density at radius 1 is 1.11 bits per heavy atom. The number of anilines is 1. The van der Waals surface area contributed by atoms with Gasteiger partial charge in [0.2, 0.25) is 6.41 Å². The van der Waals surface area contributed by atoms with E-state index in [1.807, 2.05) is 25.1 Å². The summed E-state index contributed by atoms with van der Waals surface area (Å²) in [5.74, 6) is 0. The molecule has 0 bridgehead atoms. The van der Waals surface area contributed by atoms with Crippen LogP contribution in [-0.4, -0.2) is 6.41 Å². The summed E-state index contributed by atoms with van der Waals surface area (Å²) in [5, 5.41) is 2.78. The Bertz CT molecular complexity index is 581. The zero-order valence-electron chi connectivity index (χ0n) is 10.8. The third-order valence-electron chi connectivity index (χ3n) is 3.10. The molecule has 0 radical (unpaired) electrons. The second kappa shape index (κ2) is 6.53. The van der Waals surface area contributed by atoms with Gasteiger partial charge in [0.1, 0.15) is 0 Å². The second-order valence-corrected chi connectivity index (χ2v) is 5.37. The van der Waals surface area contributed by atoms with E-state index in [-0.39, 0.29) is 0 Å². The molecule has 98 valence electrons.